The van der Waals surface area contributed by atoms with Gasteiger partial charge in [-0.15, -0.1) is 0 Å². The monoisotopic (exact) mass is 272 g/mol. The van der Waals surface area contributed by atoms with E-state index in [1.54, 1.807) is 12.1 Å². The summed E-state index contributed by atoms with van der Waals surface area (Å²) in [6.45, 7) is 0. The molecule has 2 rings (SSSR count). The first-order valence-corrected chi connectivity index (χ1v) is 5.72. The molecular weight excluding hydrogens is 260 g/mol. The maximum absolute atomic E-state index is 11.7. The van der Waals surface area contributed by atoms with E-state index < -0.39 is 5.91 Å². The zero-order valence-corrected chi connectivity index (χ0v) is 10.3. The van der Waals surface area contributed by atoms with Crippen LogP contribution in [-0.4, -0.2) is 27.4 Å². The third kappa shape index (κ3) is 2.86. The highest BCUT2D eigenvalue weighted by Gasteiger charge is 2.09. The summed E-state index contributed by atoms with van der Waals surface area (Å²) < 4.78 is 0. The fraction of sp³-hybridized carbons (Fsp3) is 0. The Bertz CT molecular complexity index is 668. The molecule has 0 aliphatic rings. The van der Waals surface area contributed by atoms with Gasteiger partial charge in [0.1, 0.15) is 5.75 Å². The molecule has 6 heteroatoms. The van der Waals surface area contributed by atoms with Crippen LogP contribution in [0.5, 0.6) is 17.2 Å². The Labute approximate surface area is 114 Å². The predicted molar refractivity (Wildman–Crippen MR) is 72.9 cm³/mol. The molecule has 0 heterocycles. The molecule has 0 atom stereocenters. The van der Waals surface area contributed by atoms with Gasteiger partial charge in [0.15, 0.2) is 11.5 Å². The first-order chi connectivity index (χ1) is 9.59. The van der Waals surface area contributed by atoms with Crippen molar-refractivity contribution in [3.8, 4) is 17.2 Å². The molecule has 102 valence electrons. The number of nitrogens with one attached hydrogen (secondary N) is 1. The maximum atomic E-state index is 11.7. The molecule has 20 heavy (non-hydrogen) atoms. The van der Waals surface area contributed by atoms with E-state index in [-0.39, 0.29) is 28.4 Å². The number of amides is 1. The van der Waals surface area contributed by atoms with Crippen LogP contribution in [0.2, 0.25) is 0 Å². The molecule has 1 amide bonds. The van der Waals surface area contributed by atoms with Gasteiger partial charge in [0.2, 0.25) is 0 Å². The Balaban J connectivity index is 2.09. The van der Waals surface area contributed by atoms with Crippen molar-refractivity contribution in [3.63, 3.8) is 0 Å². The average molecular weight is 272 g/mol. The van der Waals surface area contributed by atoms with Crippen LogP contribution in [0.3, 0.4) is 0 Å². The number of phenolic OH excluding ortho intramolecular Hbond substituents is 3. The lowest BCUT2D eigenvalue weighted by Crippen LogP contribution is -2.17. The van der Waals surface area contributed by atoms with E-state index in [4.69, 9.17) is 0 Å². The van der Waals surface area contributed by atoms with Crippen LogP contribution in [0.1, 0.15) is 15.9 Å². The highest BCUT2D eigenvalue weighted by Crippen LogP contribution is 2.26. The summed E-state index contributed by atoms with van der Waals surface area (Å²) in [5.41, 5.74) is 2.55. The second kappa shape index (κ2) is 5.75. The molecule has 0 unspecified atom stereocenters. The molecule has 0 spiro atoms. The number of carbonyl (C=O) groups is 1. The number of para-hydroxylation sites is 2. The molecule has 2 aromatic rings. The van der Waals surface area contributed by atoms with Crippen LogP contribution < -0.4 is 5.43 Å². The molecule has 2 aromatic carbocycles. The lowest BCUT2D eigenvalue weighted by molar-refractivity contribution is 0.0952. The summed E-state index contributed by atoms with van der Waals surface area (Å²) >= 11 is 0. The molecule has 4 N–H and O–H groups in total. The molecule has 0 fully saturated rings. The van der Waals surface area contributed by atoms with Gasteiger partial charge in [-0.05, 0) is 24.3 Å². The largest absolute Gasteiger partial charge is 0.507 e. The fourth-order valence-corrected chi connectivity index (χ4v) is 1.54. The number of hydrogen-bond donors (Lipinski definition) is 4. The fourth-order valence-electron chi connectivity index (χ4n) is 1.54. The predicted octanol–water partition coefficient (Wildman–Crippen LogP) is 1.57. The Morgan fingerprint density at radius 1 is 1.00 bits per heavy atom. The van der Waals surface area contributed by atoms with Crippen LogP contribution in [0.4, 0.5) is 0 Å². The van der Waals surface area contributed by atoms with Crippen LogP contribution >= 0.6 is 0 Å². The standard InChI is InChI=1S/C14H12N2O4/c17-11-6-2-1-5-10(11)14(20)16-15-8-9-4-3-7-12(18)13(9)19/h1-8,17-19H,(H,16,20). The Kier molecular flexibility index (Phi) is 3.85. The Hall–Kier alpha value is -3.02. The second-order valence-electron chi connectivity index (χ2n) is 3.93. The topological polar surface area (TPSA) is 102 Å². The third-order valence-corrected chi connectivity index (χ3v) is 2.56. The molecular formula is C14H12N2O4. The van der Waals surface area contributed by atoms with Gasteiger partial charge in [-0.1, -0.05) is 18.2 Å². The summed E-state index contributed by atoms with van der Waals surface area (Å²) in [6.07, 6.45) is 1.19. The van der Waals surface area contributed by atoms with Crippen LogP contribution in [0.15, 0.2) is 47.6 Å². The van der Waals surface area contributed by atoms with Gasteiger partial charge in [-0.2, -0.15) is 5.10 Å². The number of benzene rings is 2. The van der Waals surface area contributed by atoms with E-state index in [2.05, 4.69) is 10.5 Å². The molecule has 0 saturated carbocycles. The SMILES string of the molecule is O=C(NN=Cc1cccc(O)c1O)c1ccccc1O. The molecule has 0 aliphatic carbocycles. The average Bonchev–Trinajstić information content (AvgIpc) is 2.44. The minimum Gasteiger partial charge on any atom is -0.507 e. The summed E-state index contributed by atoms with van der Waals surface area (Å²) in [7, 11) is 0. The zero-order valence-electron chi connectivity index (χ0n) is 10.3. The highest BCUT2D eigenvalue weighted by molar-refractivity contribution is 5.97. The van der Waals surface area contributed by atoms with E-state index in [0.29, 0.717) is 0 Å². The second-order valence-corrected chi connectivity index (χ2v) is 3.93. The normalized spacial score (nSPS) is 10.6. The van der Waals surface area contributed by atoms with Crippen molar-refractivity contribution in [2.45, 2.75) is 0 Å². The first-order valence-electron chi connectivity index (χ1n) is 5.72. The Morgan fingerprint density at radius 2 is 1.70 bits per heavy atom. The molecule has 0 aliphatic heterocycles. The van der Waals surface area contributed by atoms with Crippen molar-refractivity contribution in [2.75, 3.05) is 0 Å². The summed E-state index contributed by atoms with van der Waals surface area (Å²) in [4.78, 5) is 11.7. The van der Waals surface area contributed by atoms with Crippen molar-refractivity contribution in [1.29, 1.82) is 0 Å². The van der Waals surface area contributed by atoms with Gasteiger partial charge >= 0.3 is 0 Å². The summed E-state index contributed by atoms with van der Waals surface area (Å²) in [5, 5.41) is 32.0. The Morgan fingerprint density at radius 3 is 2.45 bits per heavy atom. The van der Waals surface area contributed by atoms with Crippen molar-refractivity contribution >= 4 is 12.1 Å². The number of hydrazone groups is 1. The maximum Gasteiger partial charge on any atom is 0.275 e. The lowest BCUT2D eigenvalue weighted by Gasteiger charge is -2.03. The van der Waals surface area contributed by atoms with Gasteiger partial charge < -0.3 is 15.3 Å². The van der Waals surface area contributed by atoms with Gasteiger partial charge in [-0.25, -0.2) is 5.43 Å². The number of rotatable bonds is 3. The van der Waals surface area contributed by atoms with Gasteiger partial charge in [0.25, 0.3) is 5.91 Å². The molecule has 0 radical (unpaired) electrons. The number of aromatic hydroxyl groups is 3. The first kappa shape index (κ1) is 13.4. The van der Waals surface area contributed by atoms with Crippen LogP contribution in [0, 0.1) is 0 Å². The molecule has 0 saturated heterocycles. The number of nitrogens with zero attached hydrogens (tertiary/aromatic N) is 1. The zero-order chi connectivity index (χ0) is 14.5. The van der Waals surface area contributed by atoms with Crippen molar-refractivity contribution < 1.29 is 20.1 Å². The van der Waals surface area contributed by atoms with Gasteiger partial charge in [-0.3, -0.25) is 4.79 Å². The van der Waals surface area contributed by atoms with Crippen LogP contribution in [0.25, 0.3) is 0 Å². The smallest absolute Gasteiger partial charge is 0.275 e. The van der Waals surface area contributed by atoms with Crippen molar-refractivity contribution in [3.05, 3.63) is 53.6 Å². The number of phenols is 3. The summed E-state index contributed by atoms with van der Waals surface area (Å²) in [5.74, 6) is -1.34. The van der Waals surface area contributed by atoms with E-state index in [9.17, 15) is 20.1 Å². The van der Waals surface area contributed by atoms with Crippen molar-refractivity contribution in [1.82, 2.24) is 5.43 Å². The third-order valence-electron chi connectivity index (χ3n) is 2.56. The van der Waals surface area contributed by atoms with E-state index in [1.807, 2.05) is 0 Å². The van der Waals surface area contributed by atoms with E-state index >= 15 is 0 Å². The minimum absolute atomic E-state index is 0.0878. The molecule has 0 aromatic heterocycles. The molecule has 0 bridgehead atoms. The number of carbonyl (C=O) groups excluding carboxylic acids is 1. The minimum atomic E-state index is -0.584. The lowest BCUT2D eigenvalue weighted by atomic mass is 10.2. The van der Waals surface area contributed by atoms with Gasteiger partial charge in [0, 0.05) is 5.56 Å². The quantitative estimate of drug-likeness (QED) is 0.387. The van der Waals surface area contributed by atoms with E-state index in [1.165, 1.54) is 36.5 Å². The van der Waals surface area contributed by atoms with Gasteiger partial charge in [0.05, 0.1) is 11.8 Å². The summed E-state index contributed by atoms with van der Waals surface area (Å²) in [6, 6.07) is 10.4. The number of hydrogen-bond acceptors (Lipinski definition) is 5. The highest BCUT2D eigenvalue weighted by atomic mass is 16.3. The van der Waals surface area contributed by atoms with Crippen LogP contribution in [-0.2, 0) is 0 Å². The van der Waals surface area contributed by atoms with Crippen molar-refractivity contribution in [2.24, 2.45) is 5.10 Å². The molecule has 6 nitrogen and oxygen atoms in total. The van der Waals surface area contributed by atoms with E-state index in [0.717, 1.165) is 0 Å².